The van der Waals surface area contributed by atoms with Crippen molar-refractivity contribution in [2.24, 2.45) is 0 Å². The molecule has 0 saturated carbocycles. The van der Waals surface area contributed by atoms with E-state index in [4.69, 9.17) is 28.3 Å². The topological polar surface area (TPSA) is 23.5 Å². The first-order valence-electron chi connectivity index (χ1n) is 3.93. The summed E-state index contributed by atoms with van der Waals surface area (Å²) < 4.78 is 0. The van der Waals surface area contributed by atoms with E-state index in [1.807, 2.05) is 11.9 Å². The summed E-state index contributed by atoms with van der Waals surface area (Å²) in [4.78, 5) is 1.82. The lowest BCUT2D eigenvalue weighted by molar-refractivity contribution is 0.304. The minimum absolute atomic E-state index is 0.0814. The van der Waals surface area contributed by atoms with Gasteiger partial charge in [-0.05, 0) is 12.1 Å². The maximum absolute atomic E-state index is 8.75. The van der Waals surface area contributed by atoms with Gasteiger partial charge in [0.2, 0.25) is 0 Å². The maximum Gasteiger partial charge on any atom is 0.0743 e. The Morgan fingerprint density at radius 3 is 2.31 bits per heavy atom. The number of halogens is 2. The number of benzene rings is 1. The fraction of sp³-hybridized carbons (Fsp3) is 0.333. The van der Waals surface area contributed by atoms with Crippen molar-refractivity contribution < 1.29 is 5.11 Å². The minimum Gasteiger partial charge on any atom is -0.395 e. The monoisotopic (exact) mass is 219 g/mol. The van der Waals surface area contributed by atoms with Crippen LogP contribution < -0.4 is 4.90 Å². The Balaban J connectivity index is 2.98. The molecule has 0 fully saturated rings. The normalized spacial score (nSPS) is 10.2. The summed E-state index contributed by atoms with van der Waals surface area (Å²) in [6.45, 7) is 0.599. The summed E-state index contributed by atoms with van der Waals surface area (Å²) in [6.07, 6.45) is 0. The molecule has 0 atom stereocenters. The third-order valence-corrected chi connectivity index (χ3v) is 2.36. The number of anilines is 1. The summed E-state index contributed by atoms with van der Waals surface area (Å²) in [5, 5.41) is 9.95. The van der Waals surface area contributed by atoms with E-state index in [1.54, 1.807) is 18.2 Å². The average Bonchev–Trinajstić information content (AvgIpc) is 2.04. The Labute approximate surface area is 87.7 Å². The number of nitrogens with zero attached hydrogens (tertiary/aromatic N) is 1. The van der Waals surface area contributed by atoms with Crippen LogP contribution in [0.2, 0.25) is 10.0 Å². The highest BCUT2D eigenvalue weighted by Gasteiger charge is 2.08. The Morgan fingerprint density at radius 1 is 1.31 bits per heavy atom. The average molecular weight is 220 g/mol. The SMILES string of the molecule is CN(CCO)c1c(Cl)cccc1Cl. The first-order valence-corrected chi connectivity index (χ1v) is 4.68. The van der Waals surface area contributed by atoms with Crippen LogP contribution >= 0.6 is 23.2 Å². The molecule has 2 nitrogen and oxygen atoms in total. The van der Waals surface area contributed by atoms with Crippen molar-refractivity contribution in [2.45, 2.75) is 0 Å². The summed E-state index contributed by atoms with van der Waals surface area (Å²) >= 11 is 11.9. The number of hydrogen-bond acceptors (Lipinski definition) is 2. The van der Waals surface area contributed by atoms with Crippen LogP contribution in [0.25, 0.3) is 0 Å². The van der Waals surface area contributed by atoms with Gasteiger partial charge in [0.1, 0.15) is 0 Å². The minimum atomic E-state index is 0.0814. The summed E-state index contributed by atoms with van der Waals surface area (Å²) in [6, 6.07) is 5.34. The molecule has 72 valence electrons. The highest BCUT2D eigenvalue weighted by Crippen LogP contribution is 2.32. The van der Waals surface area contributed by atoms with Crippen molar-refractivity contribution in [1.82, 2.24) is 0 Å². The van der Waals surface area contributed by atoms with Gasteiger partial charge in [-0.25, -0.2) is 0 Å². The molecule has 0 unspecified atom stereocenters. The second-order valence-corrected chi connectivity index (χ2v) is 3.53. The predicted molar refractivity (Wildman–Crippen MR) is 56.8 cm³/mol. The lowest BCUT2D eigenvalue weighted by Gasteiger charge is -2.20. The Kier molecular flexibility index (Phi) is 3.85. The lowest BCUT2D eigenvalue weighted by Crippen LogP contribution is -2.21. The van der Waals surface area contributed by atoms with Crippen LogP contribution in [-0.2, 0) is 0 Å². The maximum atomic E-state index is 8.75. The van der Waals surface area contributed by atoms with Crippen molar-refractivity contribution in [1.29, 1.82) is 0 Å². The lowest BCUT2D eigenvalue weighted by atomic mass is 10.3. The second kappa shape index (κ2) is 4.70. The third kappa shape index (κ3) is 2.50. The zero-order valence-electron chi connectivity index (χ0n) is 7.30. The molecule has 0 bridgehead atoms. The number of para-hydroxylation sites is 1. The van der Waals surface area contributed by atoms with Crippen LogP contribution in [-0.4, -0.2) is 25.3 Å². The zero-order valence-corrected chi connectivity index (χ0v) is 8.81. The highest BCUT2D eigenvalue weighted by molar-refractivity contribution is 6.39. The predicted octanol–water partition coefficient (Wildman–Crippen LogP) is 2.42. The molecule has 13 heavy (non-hydrogen) atoms. The molecule has 0 aliphatic heterocycles. The molecule has 1 aromatic rings. The van der Waals surface area contributed by atoms with Crippen molar-refractivity contribution in [2.75, 3.05) is 25.1 Å². The van der Waals surface area contributed by atoms with Crippen molar-refractivity contribution >= 4 is 28.9 Å². The second-order valence-electron chi connectivity index (χ2n) is 2.72. The van der Waals surface area contributed by atoms with E-state index in [-0.39, 0.29) is 6.61 Å². The van der Waals surface area contributed by atoms with Gasteiger partial charge in [-0.3, -0.25) is 0 Å². The molecule has 1 N–H and O–H groups in total. The van der Waals surface area contributed by atoms with E-state index in [0.717, 1.165) is 5.69 Å². The van der Waals surface area contributed by atoms with Gasteiger partial charge in [-0.15, -0.1) is 0 Å². The number of rotatable bonds is 3. The molecular weight excluding hydrogens is 209 g/mol. The quantitative estimate of drug-likeness (QED) is 0.845. The Hall–Kier alpha value is -0.440. The molecule has 1 rings (SSSR count). The van der Waals surface area contributed by atoms with Crippen LogP contribution in [0.15, 0.2) is 18.2 Å². The Morgan fingerprint density at radius 2 is 1.85 bits per heavy atom. The smallest absolute Gasteiger partial charge is 0.0743 e. The number of hydrogen-bond donors (Lipinski definition) is 1. The van der Waals surface area contributed by atoms with Crippen molar-refractivity contribution in [3.8, 4) is 0 Å². The van der Waals surface area contributed by atoms with E-state index in [2.05, 4.69) is 0 Å². The van der Waals surface area contributed by atoms with E-state index in [1.165, 1.54) is 0 Å². The van der Waals surface area contributed by atoms with Crippen LogP contribution in [0.1, 0.15) is 0 Å². The zero-order chi connectivity index (χ0) is 9.84. The molecule has 0 spiro atoms. The highest BCUT2D eigenvalue weighted by atomic mass is 35.5. The fourth-order valence-corrected chi connectivity index (χ4v) is 1.80. The molecule has 4 heteroatoms. The van der Waals surface area contributed by atoms with Crippen LogP contribution in [0.4, 0.5) is 5.69 Å². The van der Waals surface area contributed by atoms with Gasteiger partial charge in [-0.1, -0.05) is 29.3 Å². The largest absolute Gasteiger partial charge is 0.395 e. The van der Waals surface area contributed by atoms with Crippen LogP contribution in [0.5, 0.6) is 0 Å². The number of aliphatic hydroxyl groups excluding tert-OH is 1. The number of aliphatic hydroxyl groups is 1. The van der Waals surface area contributed by atoms with Gasteiger partial charge < -0.3 is 10.0 Å². The molecule has 0 aromatic heterocycles. The summed E-state index contributed by atoms with van der Waals surface area (Å²) in [7, 11) is 1.84. The molecule has 0 amide bonds. The molecule has 0 aliphatic rings. The molecule has 1 aromatic carbocycles. The standard InChI is InChI=1S/C9H11Cl2NO/c1-12(5-6-13)9-7(10)3-2-4-8(9)11/h2-4,13H,5-6H2,1H3. The molecular formula is C9H11Cl2NO. The molecule has 0 saturated heterocycles. The van der Waals surface area contributed by atoms with E-state index >= 15 is 0 Å². The van der Waals surface area contributed by atoms with Crippen LogP contribution in [0, 0.1) is 0 Å². The number of likely N-dealkylation sites (N-methyl/N-ethyl adjacent to an activating group) is 1. The van der Waals surface area contributed by atoms with E-state index in [0.29, 0.717) is 16.6 Å². The fourth-order valence-electron chi connectivity index (χ4n) is 1.12. The Bertz CT molecular complexity index is 271. The van der Waals surface area contributed by atoms with Gasteiger partial charge in [0.15, 0.2) is 0 Å². The van der Waals surface area contributed by atoms with E-state index in [9.17, 15) is 0 Å². The van der Waals surface area contributed by atoms with Crippen LogP contribution in [0.3, 0.4) is 0 Å². The molecule has 0 heterocycles. The van der Waals surface area contributed by atoms with Gasteiger partial charge in [-0.2, -0.15) is 0 Å². The van der Waals surface area contributed by atoms with Gasteiger partial charge >= 0.3 is 0 Å². The first kappa shape index (κ1) is 10.6. The first-order chi connectivity index (χ1) is 6.16. The van der Waals surface area contributed by atoms with Gasteiger partial charge in [0.25, 0.3) is 0 Å². The van der Waals surface area contributed by atoms with E-state index < -0.39 is 0 Å². The molecule has 0 aliphatic carbocycles. The molecule has 0 radical (unpaired) electrons. The summed E-state index contributed by atoms with van der Waals surface area (Å²) in [5.41, 5.74) is 0.764. The van der Waals surface area contributed by atoms with Gasteiger partial charge in [0.05, 0.1) is 22.3 Å². The third-order valence-electron chi connectivity index (χ3n) is 1.75. The van der Waals surface area contributed by atoms with Crippen molar-refractivity contribution in [3.05, 3.63) is 28.2 Å². The summed E-state index contributed by atoms with van der Waals surface area (Å²) in [5.74, 6) is 0. The van der Waals surface area contributed by atoms with Crippen molar-refractivity contribution in [3.63, 3.8) is 0 Å². The van der Waals surface area contributed by atoms with Gasteiger partial charge in [0, 0.05) is 13.6 Å².